The summed E-state index contributed by atoms with van der Waals surface area (Å²) in [5.74, 6) is 0.638. The summed E-state index contributed by atoms with van der Waals surface area (Å²) < 4.78 is 20.2. The van der Waals surface area contributed by atoms with Gasteiger partial charge in [0, 0.05) is 55.9 Å². The van der Waals surface area contributed by atoms with E-state index in [-0.39, 0.29) is 17.4 Å². The number of nitrogens with zero attached hydrogens (tertiary/aromatic N) is 4. The molecule has 2 aromatic carbocycles. The summed E-state index contributed by atoms with van der Waals surface area (Å²) in [6.45, 7) is 3.90. The van der Waals surface area contributed by atoms with Crippen molar-refractivity contribution < 1.29 is 18.5 Å². The van der Waals surface area contributed by atoms with Gasteiger partial charge in [0.2, 0.25) is 0 Å². The van der Waals surface area contributed by atoms with Crippen LogP contribution in [0.3, 0.4) is 0 Å². The predicted octanol–water partition coefficient (Wildman–Crippen LogP) is 4.75. The van der Waals surface area contributed by atoms with Crippen molar-refractivity contribution in [1.82, 2.24) is 4.90 Å². The van der Waals surface area contributed by atoms with Crippen LogP contribution >= 0.6 is 0 Å². The zero-order valence-corrected chi connectivity index (χ0v) is 19.9. The van der Waals surface area contributed by atoms with E-state index in [2.05, 4.69) is 10.5 Å². The first-order valence-corrected chi connectivity index (χ1v) is 11.9. The van der Waals surface area contributed by atoms with Gasteiger partial charge in [-0.1, -0.05) is 12.1 Å². The lowest BCUT2D eigenvalue weighted by atomic mass is 9.93. The van der Waals surface area contributed by atoms with Crippen LogP contribution < -0.4 is 10.3 Å². The molecule has 0 atom stereocenters. The highest BCUT2D eigenvalue weighted by atomic mass is 19.1. The molecule has 0 unspecified atom stereocenters. The van der Waals surface area contributed by atoms with Crippen LogP contribution in [0.1, 0.15) is 40.3 Å². The lowest BCUT2D eigenvalue weighted by Gasteiger charge is -2.35. The zero-order valence-electron chi connectivity index (χ0n) is 19.9. The van der Waals surface area contributed by atoms with Gasteiger partial charge in [0.25, 0.3) is 11.6 Å². The third-order valence-electron chi connectivity index (χ3n) is 6.68. The monoisotopic (exact) mass is 491 g/mol. The average Bonchev–Trinajstić information content (AvgIpc) is 3.24. The fourth-order valence-corrected chi connectivity index (χ4v) is 4.78. The van der Waals surface area contributed by atoms with E-state index in [1.54, 1.807) is 29.2 Å². The van der Waals surface area contributed by atoms with Gasteiger partial charge in [0.1, 0.15) is 11.6 Å². The number of carbonyl (C=O) groups is 1. The molecular weight excluding hydrogens is 465 g/mol. The van der Waals surface area contributed by atoms with E-state index >= 15 is 0 Å². The number of anilines is 2. The van der Waals surface area contributed by atoms with E-state index in [1.165, 1.54) is 18.2 Å². The van der Waals surface area contributed by atoms with Crippen LogP contribution in [0.2, 0.25) is 0 Å². The van der Waals surface area contributed by atoms with E-state index in [0.29, 0.717) is 43.3 Å². The second kappa shape index (κ2) is 9.80. The average molecular weight is 492 g/mol. The molecule has 0 saturated carbocycles. The van der Waals surface area contributed by atoms with Gasteiger partial charge >= 0.3 is 0 Å². The molecule has 2 heterocycles. The number of furan rings is 1. The number of fused-ring (bicyclic) bond motifs is 1. The van der Waals surface area contributed by atoms with Crippen LogP contribution in [-0.4, -0.2) is 47.6 Å². The molecule has 1 amide bonds. The van der Waals surface area contributed by atoms with Crippen molar-refractivity contribution in [3.63, 3.8) is 0 Å². The Hall–Kier alpha value is -4.21. The Morgan fingerprint density at radius 3 is 2.50 bits per heavy atom. The second-order valence-electron chi connectivity index (χ2n) is 8.91. The van der Waals surface area contributed by atoms with Crippen molar-refractivity contribution in [3.05, 3.63) is 87.1 Å². The number of nitro benzene ring substituents is 1. The normalized spacial score (nSPS) is 16.7. The molecule has 1 saturated heterocycles. The van der Waals surface area contributed by atoms with Crippen LogP contribution in [0, 0.1) is 22.9 Å². The number of aryl methyl sites for hydroxylation is 1. The number of hydrogen-bond acceptors (Lipinski definition) is 7. The molecular formula is C26H26FN5O4. The number of hydrogen-bond donors (Lipinski definition) is 1. The fourth-order valence-electron chi connectivity index (χ4n) is 4.78. The first kappa shape index (κ1) is 23.5. The minimum atomic E-state index is -0.448. The Morgan fingerprint density at radius 2 is 1.81 bits per heavy atom. The summed E-state index contributed by atoms with van der Waals surface area (Å²) in [7, 11) is 0. The van der Waals surface area contributed by atoms with Crippen molar-refractivity contribution in [1.29, 1.82) is 0 Å². The number of amides is 1. The number of nitro groups is 1. The lowest BCUT2D eigenvalue weighted by molar-refractivity contribution is -0.384. The molecule has 2 aliphatic rings. The molecule has 5 rings (SSSR count). The topological polar surface area (TPSA) is 104 Å². The van der Waals surface area contributed by atoms with Gasteiger partial charge in [0.05, 0.1) is 22.0 Å². The number of para-hydroxylation sites is 1. The Balaban J connectivity index is 1.30. The predicted molar refractivity (Wildman–Crippen MR) is 134 cm³/mol. The molecule has 1 fully saturated rings. The summed E-state index contributed by atoms with van der Waals surface area (Å²) in [5.41, 5.74) is 6.56. The van der Waals surface area contributed by atoms with Gasteiger partial charge in [-0.25, -0.2) is 4.39 Å². The van der Waals surface area contributed by atoms with Gasteiger partial charge in [-0.15, -0.1) is 0 Å². The molecule has 186 valence electrons. The highest BCUT2D eigenvalue weighted by Gasteiger charge is 2.31. The smallest absolute Gasteiger partial charge is 0.289 e. The Bertz CT molecular complexity index is 1330. The fraction of sp³-hybridized carbons (Fsp3) is 0.308. The minimum absolute atomic E-state index is 0.0109. The maximum absolute atomic E-state index is 14.2. The highest BCUT2D eigenvalue weighted by molar-refractivity contribution is 6.06. The SMILES string of the molecule is Cc1c(C(=O)N2CCN(c3ccccc3F)CC2)oc2c1/C(=N/Nc1ccc([N+](=O)[O-])cc1)CCC2. The molecule has 1 aromatic heterocycles. The van der Waals surface area contributed by atoms with Crippen molar-refractivity contribution in [3.8, 4) is 0 Å². The maximum atomic E-state index is 14.2. The third-order valence-corrected chi connectivity index (χ3v) is 6.68. The number of piperazine rings is 1. The summed E-state index contributed by atoms with van der Waals surface area (Å²) in [6.07, 6.45) is 2.29. The number of carbonyl (C=O) groups excluding carboxylic acids is 1. The van der Waals surface area contributed by atoms with Crippen molar-refractivity contribution in [2.24, 2.45) is 5.10 Å². The van der Waals surface area contributed by atoms with Gasteiger partial charge in [-0.2, -0.15) is 5.10 Å². The summed E-state index contributed by atoms with van der Waals surface area (Å²) in [6, 6.07) is 12.7. The molecule has 0 spiro atoms. The summed E-state index contributed by atoms with van der Waals surface area (Å²) in [4.78, 5) is 27.5. The first-order valence-electron chi connectivity index (χ1n) is 11.9. The van der Waals surface area contributed by atoms with E-state index in [4.69, 9.17) is 4.42 Å². The molecule has 0 bridgehead atoms. The van der Waals surface area contributed by atoms with Crippen molar-refractivity contribution >= 4 is 28.7 Å². The zero-order chi connectivity index (χ0) is 25.2. The van der Waals surface area contributed by atoms with E-state index in [9.17, 15) is 19.3 Å². The minimum Gasteiger partial charge on any atom is -0.455 e. The van der Waals surface area contributed by atoms with Crippen molar-refractivity contribution in [2.45, 2.75) is 26.2 Å². The first-order chi connectivity index (χ1) is 17.4. The van der Waals surface area contributed by atoms with E-state index in [1.807, 2.05) is 17.9 Å². The molecule has 9 nitrogen and oxygen atoms in total. The summed E-state index contributed by atoms with van der Waals surface area (Å²) >= 11 is 0. The standard InChI is InChI=1S/C26H26FN5O4/c1-17-24-21(29-28-18-9-11-19(12-10-18)32(34)35)6-4-8-23(24)36-25(17)26(33)31-15-13-30(14-16-31)22-7-3-2-5-20(22)27/h2-3,5,7,9-12,28H,4,6,8,13-16H2,1H3/b29-21+. The highest BCUT2D eigenvalue weighted by Crippen LogP contribution is 2.31. The third kappa shape index (κ3) is 4.53. The van der Waals surface area contributed by atoms with E-state index < -0.39 is 4.92 Å². The van der Waals surface area contributed by atoms with Crippen LogP contribution in [0.5, 0.6) is 0 Å². The van der Waals surface area contributed by atoms with Crippen LogP contribution in [0.4, 0.5) is 21.5 Å². The molecule has 36 heavy (non-hydrogen) atoms. The number of hydrazone groups is 1. The number of rotatable bonds is 5. The lowest BCUT2D eigenvalue weighted by Crippen LogP contribution is -2.49. The van der Waals surface area contributed by atoms with E-state index in [0.717, 1.165) is 41.9 Å². The quantitative estimate of drug-likeness (QED) is 0.408. The number of non-ortho nitro benzene ring substituents is 1. The van der Waals surface area contributed by atoms with Gasteiger partial charge in [-0.05, 0) is 44.0 Å². The molecule has 1 aliphatic heterocycles. The molecule has 10 heteroatoms. The maximum Gasteiger partial charge on any atom is 0.289 e. The van der Waals surface area contributed by atoms with Gasteiger partial charge in [-0.3, -0.25) is 20.3 Å². The molecule has 1 aliphatic carbocycles. The Morgan fingerprint density at radius 1 is 1.08 bits per heavy atom. The van der Waals surface area contributed by atoms with Crippen molar-refractivity contribution in [2.75, 3.05) is 36.5 Å². The van der Waals surface area contributed by atoms with Crippen LogP contribution in [0.25, 0.3) is 0 Å². The van der Waals surface area contributed by atoms with Crippen LogP contribution in [-0.2, 0) is 6.42 Å². The molecule has 3 aromatic rings. The summed E-state index contributed by atoms with van der Waals surface area (Å²) in [5, 5.41) is 15.4. The molecule has 0 radical (unpaired) electrons. The number of halogens is 1. The van der Waals surface area contributed by atoms with Gasteiger partial charge in [0.15, 0.2) is 5.76 Å². The molecule has 1 N–H and O–H groups in total. The Kier molecular flexibility index (Phi) is 6.41. The second-order valence-corrected chi connectivity index (χ2v) is 8.91. The Labute approximate surface area is 207 Å². The van der Waals surface area contributed by atoms with Gasteiger partial charge < -0.3 is 14.2 Å². The van der Waals surface area contributed by atoms with Crippen LogP contribution in [0.15, 0.2) is 58.0 Å². The number of benzene rings is 2. The number of nitrogens with one attached hydrogen (secondary N) is 1. The largest absolute Gasteiger partial charge is 0.455 e.